The molecule has 0 bridgehead atoms. The average molecular weight is 295 g/mol. The number of H-pyrrole nitrogens is 1. The minimum Gasteiger partial charge on any atom is -0.480 e. The van der Waals surface area contributed by atoms with Gasteiger partial charge in [-0.1, -0.05) is 25.7 Å². The fraction of sp³-hybridized carbons (Fsp3) is 0.692. The van der Waals surface area contributed by atoms with E-state index >= 15 is 0 Å². The van der Waals surface area contributed by atoms with Crippen LogP contribution >= 0.6 is 0 Å². The van der Waals surface area contributed by atoms with Gasteiger partial charge in [0.2, 0.25) is 0 Å². The van der Waals surface area contributed by atoms with E-state index in [1.54, 1.807) is 0 Å². The van der Waals surface area contributed by atoms with Crippen molar-refractivity contribution < 1.29 is 14.7 Å². The smallest absolute Gasteiger partial charge is 0.329 e. The molecule has 8 nitrogen and oxygen atoms in total. The first kappa shape index (κ1) is 15.3. The number of amides is 2. The minimum atomic E-state index is -1.13. The minimum absolute atomic E-state index is 0.372. The van der Waals surface area contributed by atoms with Gasteiger partial charge in [-0.15, -0.1) is 0 Å². The summed E-state index contributed by atoms with van der Waals surface area (Å²) in [4.78, 5) is 27.4. The Hall–Kier alpha value is -2.12. The summed E-state index contributed by atoms with van der Waals surface area (Å²) in [6.07, 6.45) is 6.58. The summed E-state index contributed by atoms with van der Waals surface area (Å²) in [6.45, 7) is 0.372. The molecule has 0 aliphatic heterocycles. The lowest BCUT2D eigenvalue weighted by Gasteiger charge is -2.29. The Morgan fingerprint density at radius 3 is 2.57 bits per heavy atom. The largest absolute Gasteiger partial charge is 0.480 e. The maximum Gasteiger partial charge on any atom is 0.329 e. The Bertz CT molecular complexity index is 466. The van der Waals surface area contributed by atoms with Gasteiger partial charge in [-0.3, -0.25) is 5.10 Å². The molecule has 0 spiro atoms. The van der Waals surface area contributed by atoms with E-state index in [0.29, 0.717) is 31.6 Å². The molecule has 21 heavy (non-hydrogen) atoms. The van der Waals surface area contributed by atoms with Gasteiger partial charge in [0, 0.05) is 13.0 Å². The van der Waals surface area contributed by atoms with Crippen molar-refractivity contribution >= 4 is 12.0 Å². The third kappa shape index (κ3) is 4.17. The predicted molar refractivity (Wildman–Crippen MR) is 74.7 cm³/mol. The molecule has 1 aliphatic carbocycles. The Morgan fingerprint density at radius 1 is 1.29 bits per heavy atom. The standard InChI is InChI=1S/C13H21N5O3/c19-11(20)13(6-3-1-2-4-7-13)17-12(21)14-8-5-10-15-9-16-18-10/h9H,1-8H2,(H,19,20)(H2,14,17,21)(H,15,16,18). The topological polar surface area (TPSA) is 120 Å². The van der Waals surface area contributed by atoms with Gasteiger partial charge in [0.1, 0.15) is 17.7 Å². The lowest BCUT2D eigenvalue weighted by atomic mass is 9.90. The molecule has 1 fully saturated rings. The third-order valence-corrected chi connectivity index (χ3v) is 3.83. The summed E-state index contributed by atoms with van der Waals surface area (Å²) in [7, 11) is 0. The Balaban J connectivity index is 1.84. The van der Waals surface area contributed by atoms with Crippen molar-refractivity contribution in [3.8, 4) is 0 Å². The van der Waals surface area contributed by atoms with E-state index in [1.165, 1.54) is 6.33 Å². The number of carbonyl (C=O) groups excluding carboxylic acids is 1. The number of urea groups is 1. The van der Waals surface area contributed by atoms with E-state index in [-0.39, 0.29) is 0 Å². The SMILES string of the molecule is O=C(NCCc1ncn[nH]1)NC1(C(=O)O)CCCCCC1. The van der Waals surface area contributed by atoms with Gasteiger partial charge in [-0.2, -0.15) is 5.10 Å². The summed E-state index contributed by atoms with van der Waals surface area (Å²) in [5.74, 6) is -0.271. The number of hydrogen-bond acceptors (Lipinski definition) is 4. The van der Waals surface area contributed by atoms with Gasteiger partial charge in [0.15, 0.2) is 0 Å². The van der Waals surface area contributed by atoms with E-state index in [0.717, 1.165) is 25.7 Å². The van der Waals surface area contributed by atoms with E-state index in [9.17, 15) is 14.7 Å². The van der Waals surface area contributed by atoms with Gasteiger partial charge in [0.05, 0.1) is 0 Å². The lowest BCUT2D eigenvalue weighted by Crippen LogP contribution is -2.57. The van der Waals surface area contributed by atoms with Crippen molar-refractivity contribution in [1.29, 1.82) is 0 Å². The fourth-order valence-corrected chi connectivity index (χ4v) is 2.63. The van der Waals surface area contributed by atoms with Crippen LogP contribution in [0.5, 0.6) is 0 Å². The molecule has 1 saturated carbocycles. The monoisotopic (exact) mass is 295 g/mol. The van der Waals surface area contributed by atoms with Crippen molar-refractivity contribution in [3.05, 3.63) is 12.2 Å². The fourth-order valence-electron chi connectivity index (χ4n) is 2.63. The van der Waals surface area contributed by atoms with Gasteiger partial charge in [-0.05, 0) is 12.8 Å². The van der Waals surface area contributed by atoms with Crippen LogP contribution in [0, 0.1) is 0 Å². The zero-order chi connectivity index (χ0) is 15.1. The van der Waals surface area contributed by atoms with Gasteiger partial charge < -0.3 is 15.7 Å². The predicted octanol–water partition coefficient (Wildman–Crippen LogP) is 0.824. The number of nitrogens with zero attached hydrogens (tertiary/aromatic N) is 2. The van der Waals surface area contributed by atoms with Gasteiger partial charge in [-0.25, -0.2) is 14.6 Å². The molecule has 1 aromatic heterocycles. The Labute approximate surface area is 122 Å². The molecule has 0 aromatic carbocycles. The molecule has 116 valence electrons. The first-order valence-electron chi connectivity index (χ1n) is 7.26. The molecule has 8 heteroatoms. The molecule has 1 aromatic rings. The second-order valence-corrected chi connectivity index (χ2v) is 5.36. The van der Waals surface area contributed by atoms with E-state index in [4.69, 9.17) is 0 Å². The number of rotatable bonds is 5. The number of aromatic amines is 1. The maximum atomic E-state index is 11.9. The zero-order valence-corrected chi connectivity index (χ0v) is 11.9. The second-order valence-electron chi connectivity index (χ2n) is 5.36. The van der Waals surface area contributed by atoms with Crippen LogP contribution in [-0.2, 0) is 11.2 Å². The molecule has 4 N–H and O–H groups in total. The second kappa shape index (κ2) is 7.05. The van der Waals surface area contributed by atoms with Crippen LogP contribution in [0.4, 0.5) is 4.79 Å². The van der Waals surface area contributed by atoms with Crippen molar-refractivity contribution in [2.24, 2.45) is 0 Å². The molecule has 2 rings (SSSR count). The molecule has 0 unspecified atom stereocenters. The Morgan fingerprint density at radius 2 is 2.00 bits per heavy atom. The van der Waals surface area contributed by atoms with Crippen molar-refractivity contribution in [3.63, 3.8) is 0 Å². The molecule has 0 saturated heterocycles. The number of hydrogen-bond donors (Lipinski definition) is 4. The summed E-state index contributed by atoms with van der Waals surface area (Å²) in [6, 6.07) is -0.446. The van der Waals surface area contributed by atoms with Crippen molar-refractivity contribution in [1.82, 2.24) is 25.8 Å². The molecular formula is C13H21N5O3. The number of carbonyl (C=O) groups is 2. The third-order valence-electron chi connectivity index (χ3n) is 3.83. The average Bonchev–Trinajstić information content (AvgIpc) is 2.84. The summed E-state index contributed by atoms with van der Waals surface area (Å²) >= 11 is 0. The highest BCUT2D eigenvalue weighted by molar-refractivity contribution is 5.86. The molecule has 0 radical (unpaired) electrons. The molecule has 1 aliphatic rings. The van der Waals surface area contributed by atoms with Crippen LogP contribution in [0.3, 0.4) is 0 Å². The molecule has 2 amide bonds. The van der Waals surface area contributed by atoms with E-state index in [2.05, 4.69) is 25.8 Å². The van der Waals surface area contributed by atoms with Crippen LogP contribution in [0.1, 0.15) is 44.3 Å². The van der Waals surface area contributed by atoms with Gasteiger partial charge >= 0.3 is 12.0 Å². The number of aliphatic carboxylic acids is 1. The molecule has 1 heterocycles. The number of carboxylic acid groups (broad SMARTS) is 1. The van der Waals surface area contributed by atoms with Gasteiger partial charge in [0.25, 0.3) is 0 Å². The molecule has 0 atom stereocenters. The first-order valence-corrected chi connectivity index (χ1v) is 7.26. The highest BCUT2D eigenvalue weighted by atomic mass is 16.4. The van der Waals surface area contributed by atoms with Crippen LogP contribution in [0.2, 0.25) is 0 Å². The summed E-state index contributed by atoms with van der Waals surface area (Å²) < 4.78 is 0. The quantitative estimate of drug-likeness (QED) is 0.599. The Kier molecular flexibility index (Phi) is 5.13. The zero-order valence-electron chi connectivity index (χ0n) is 11.9. The van der Waals surface area contributed by atoms with Crippen LogP contribution < -0.4 is 10.6 Å². The number of nitrogens with one attached hydrogen (secondary N) is 3. The van der Waals surface area contributed by atoms with E-state index < -0.39 is 17.5 Å². The van der Waals surface area contributed by atoms with E-state index in [1.807, 2.05) is 0 Å². The normalized spacial score (nSPS) is 17.7. The highest BCUT2D eigenvalue weighted by Gasteiger charge is 2.39. The van der Waals surface area contributed by atoms with Crippen molar-refractivity contribution in [2.45, 2.75) is 50.5 Å². The van der Waals surface area contributed by atoms with Crippen molar-refractivity contribution in [2.75, 3.05) is 6.54 Å². The number of aromatic nitrogens is 3. The summed E-state index contributed by atoms with van der Waals surface area (Å²) in [5, 5.41) is 21.2. The highest BCUT2D eigenvalue weighted by Crippen LogP contribution is 2.27. The first-order chi connectivity index (χ1) is 10.1. The van der Waals surface area contributed by atoms with Crippen LogP contribution in [0.25, 0.3) is 0 Å². The molecular weight excluding hydrogens is 274 g/mol. The van der Waals surface area contributed by atoms with Crippen LogP contribution in [0.15, 0.2) is 6.33 Å². The van der Waals surface area contributed by atoms with Crippen LogP contribution in [-0.4, -0.2) is 44.4 Å². The summed E-state index contributed by atoms with van der Waals surface area (Å²) in [5.41, 5.74) is -1.13. The lowest BCUT2D eigenvalue weighted by molar-refractivity contribution is -0.145. The maximum absolute atomic E-state index is 11.9. The number of carboxylic acids is 1.